The molecular weight excluding hydrogens is 235 g/mol. The third-order valence-corrected chi connectivity index (χ3v) is 3.11. The summed E-state index contributed by atoms with van der Waals surface area (Å²) >= 11 is 0. The van der Waals surface area contributed by atoms with Crippen LogP contribution in [0.2, 0.25) is 0 Å². The first kappa shape index (κ1) is 13.2. The number of pyridine rings is 1. The number of halogens is 1. The molecule has 1 N–H and O–H groups in total. The Labute approximate surface area is 107 Å². The molecule has 0 saturated carbocycles. The summed E-state index contributed by atoms with van der Waals surface area (Å²) in [7, 11) is 1.53. The molecule has 2 heterocycles. The average Bonchev–Trinajstić information content (AvgIpc) is 2.39. The summed E-state index contributed by atoms with van der Waals surface area (Å²) in [6.45, 7) is 3.52. The van der Waals surface area contributed by atoms with E-state index in [9.17, 15) is 4.39 Å². The Balaban J connectivity index is 2.13. The van der Waals surface area contributed by atoms with Crippen molar-refractivity contribution in [3.8, 4) is 5.75 Å². The smallest absolute Gasteiger partial charge is 0.155 e. The van der Waals surface area contributed by atoms with Gasteiger partial charge in [-0.3, -0.25) is 4.98 Å². The van der Waals surface area contributed by atoms with Gasteiger partial charge in [0.1, 0.15) is 11.4 Å². The molecule has 0 amide bonds. The second-order valence-corrected chi connectivity index (χ2v) is 4.68. The Morgan fingerprint density at radius 1 is 1.67 bits per heavy atom. The number of aromatic nitrogens is 1. The maximum absolute atomic E-state index is 14.8. The van der Waals surface area contributed by atoms with Crippen molar-refractivity contribution < 1.29 is 13.9 Å². The molecule has 5 heteroatoms. The largest absolute Gasteiger partial charge is 0.495 e. The van der Waals surface area contributed by atoms with E-state index in [-0.39, 0.29) is 6.04 Å². The first-order valence-corrected chi connectivity index (χ1v) is 6.13. The number of hydrogen-bond acceptors (Lipinski definition) is 4. The van der Waals surface area contributed by atoms with Gasteiger partial charge in [-0.15, -0.1) is 0 Å². The van der Waals surface area contributed by atoms with Crippen molar-refractivity contribution >= 4 is 0 Å². The molecule has 0 aliphatic carbocycles. The third kappa shape index (κ3) is 2.97. The van der Waals surface area contributed by atoms with Crippen LogP contribution in [0, 0.1) is 0 Å². The van der Waals surface area contributed by atoms with Gasteiger partial charge in [0.2, 0.25) is 0 Å². The standard InChI is InChI=1S/C13H19FN2O2/c1-13(14,8-10-9-18-7-6-15-10)12-11(17-2)4-3-5-16-12/h3-5,10,15H,6-9H2,1-2H3. The molecule has 1 aliphatic heterocycles. The molecule has 0 aromatic carbocycles. The molecule has 18 heavy (non-hydrogen) atoms. The summed E-state index contributed by atoms with van der Waals surface area (Å²) in [6, 6.07) is 3.48. The minimum absolute atomic E-state index is 0.0143. The van der Waals surface area contributed by atoms with Gasteiger partial charge < -0.3 is 14.8 Å². The van der Waals surface area contributed by atoms with Gasteiger partial charge in [-0.25, -0.2) is 4.39 Å². The summed E-state index contributed by atoms with van der Waals surface area (Å²) < 4.78 is 25.3. The van der Waals surface area contributed by atoms with E-state index < -0.39 is 5.67 Å². The van der Waals surface area contributed by atoms with Crippen molar-refractivity contribution in [2.45, 2.75) is 25.1 Å². The number of rotatable bonds is 4. The zero-order chi connectivity index (χ0) is 13.0. The Morgan fingerprint density at radius 3 is 3.17 bits per heavy atom. The average molecular weight is 254 g/mol. The lowest BCUT2D eigenvalue weighted by Gasteiger charge is -2.30. The molecule has 0 radical (unpaired) electrons. The van der Waals surface area contributed by atoms with Crippen LogP contribution in [0.5, 0.6) is 5.75 Å². The first-order chi connectivity index (χ1) is 8.63. The summed E-state index contributed by atoms with van der Waals surface area (Å²) in [4.78, 5) is 4.12. The van der Waals surface area contributed by atoms with E-state index in [1.54, 1.807) is 18.3 Å². The van der Waals surface area contributed by atoms with Gasteiger partial charge in [-0.05, 0) is 19.1 Å². The molecule has 4 nitrogen and oxygen atoms in total. The normalized spacial score (nSPS) is 23.4. The fourth-order valence-corrected chi connectivity index (χ4v) is 2.26. The molecule has 100 valence electrons. The van der Waals surface area contributed by atoms with Crippen LogP contribution in [-0.2, 0) is 10.4 Å². The predicted molar refractivity (Wildman–Crippen MR) is 66.5 cm³/mol. The topological polar surface area (TPSA) is 43.4 Å². The number of hydrogen-bond donors (Lipinski definition) is 1. The zero-order valence-corrected chi connectivity index (χ0v) is 10.8. The Morgan fingerprint density at radius 2 is 2.50 bits per heavy atom. The summed E-state index contributed by atoms with van der Waals surface area (Å²) in [5, 5.41) is 3.25. The number of ether oxygens (including phenoxy) is 2. The molecule has 1 saturated heterocycles. The fraction of sp³-hybridized carbons (Fsp3) is 0.615. The highest BCUT2D eigenvalue weighted by Crippen LogP contribution is 2.35. The molecule has 1 fully saturated rings. The van der Waals surface area contributed by atoms with E-state index in [4.69, 9.17) is 9.47 Å². The Bertz CT molecular complexity index is 392. The minimum Gasteiger partial charge on any atom is -0.495 e. The van der Waals surface area contributed by atoms with E-state index in [2.05, 4.69) is 10.3 Å². The van der Waals surface area contributed by atoms with Gasteiger partial charge >= 0.3 is 0 Å². The lowest BCUT2D eigenvalue weighted by Crippen LogP contribution is -2.44. The zero-order valence-electron chi connectivity index (χ0n) is 10.8. The molecule has 2 atom stereocenters. The van der Waals surface area contributed by atoms with Crippen molar-refractivity contribution in [3.63, 3.8) is 0 Å². The van der Waals surface area contributed by atoms with Gasteiger partial charge in [0, 0.05) is 25.2 Å². The predicted octanol–water partition coefficient (Wildman–Crippen LogP) is 1.65. The maximum Gasteiger partial charge on any atom is 0.155 e. The molecule has 2 unspecified atom stereocenters. The molecule has 2 rings (SSSR count). The number of nitrogens with zero attached hydrogens (tertiary/aromatic N) is 1. The quantitative estimate of drug-likeness (QED) is 0.887. The molecule has 1 aliphatic rings. The van der Waals surface area contributed by atoms with Crippen molar-refractivity contribution in [2.75, 3.05) is 26.9 Å². The van der Waals surface area contributed by atoms with Gasteiger partial charge in [-0.2, -0.15) is 0 Å². The summed E-state index contributed by atoms with van der Waals surface area (Å²) in [5.41, 5.74) is -1.19. The molecule has 1 aromatic heterocycles. The van der Waals surface area contributed by atoms with Crippen LogP contribution >= 0.6 is 0 Å². The van der Waals surface area contributed by atoms with Crippen molar-refractivity contribution in [3.05, 3.63) is 24.0 Å². The number of nitrogens with one attached hydrogen (secondary N) is 1. The highest BCUT2D eigenvalue weighted by Gasteiger charge is 2.34. The Hall–Kier alpha value is -1.20. The van der Waals surface area contributed by atoms with Crippen molar-refractivity contribution in [1.29, 1.82) is 0 Å². The van der Waals surface area contributed by atoms with E-state index in [0.29, 0.717) is 31.1 Å². The lowest BCUT2D eigenvalue weighted by molar-refractivity contribution is 0.0455. The number of methoxy groups -OCH3 is 1. The van der Waals surface area contributed by atoms with Gasteiger partial charge in [0.25, 0.3) is 0 Å². The molecular formula is C13H19FN2O2. The van der Waals surface area contributed by atoms with Gasteiger partial charge in [0.05, 0.1) is 20.3 Å². The van der Waals surface area contributed by atoms with Crippen LogP contribution in [0.25, 0.3) is 0 Å². The van der Waals surface area contributed by atoms with Crippen LogP contribution < -0.4 is 10.1 Å². The third-order valence-electron chi connectivity index (χ3n) is 3.11. The van der Waals surface area contributed by atoms with E-state index in [0.717, 1.165) is 6.54 Å². The van der Waals surface area contributed by atoms with E-state index in [1.165, 1.54) is 14.0 Å². The first-order valence-electron chi connectivity index (χ1n) is 6.13. The lowest BCUT2D eigenvalue weighted by atomic mass is 9.94. The second-order valence-electron chi connectivity index (χ2n) is 4.68. The SMILES string of the molecule is COc1cccnc1C(C)(F)CC1COCCN1. The van der Waals surface area contributed by atoms with Crippen LogP contribution in [0.3, 0.4) is 0 Å². The second kappa shape index (κ2) is 5.63. The molecule has 0 spiro atoms. The molecule has 0 bridgehead atoms. The van der Waals surface area contributed by atoms with Crippen LogP contribution in [0.1, 0.15) is 19.0 Å². The number of alkyl halides is 1. The monoisotopic (exact) mass is 254 g/mol. The maximum atomic E-state index is 14.8. The highest BCUT2D eigenvalue weighted by atomic mass is 19.1. The van der Waals surface area contributed by atoms with Crippen LogP contribution in [-0.4, -0.2) is 37.9 Å². The van der Waals surface area contributed by atoms with E-state index in [1.807, 2.05) is 0 Å². The number of morpholine rings is 1. The minimum atomic E-state index is -1.54. The highest BCUT2D eigenvalue weighted by molar-refractivity contribution is 5.31. The Kier molecular flexibility index (Phi) is 4.14. The van der Waals surface area contributed by atoms with E-state index >= 15 is 0 Å². The van der Waals surface area contributed by atoms with Gasteiger partial charge in [-0.1, -0.05) is 0 Å². The summed E-state index contributed by atoms with van der Waals surface area (Å²) in [5.74, 6) is 0.485. The van der Waals surface area contributed by atoms with Crippen LogP contribution in [0.4, 0.5) is 4.39 Å². The van der Waals surface area contributed by atoms with Crippen molar-refractivity contribution in [2.24, 2.45) is 0 Å². The fourth-order valence-electron chi connectivity index (χ4n) is 2.26. The van der Waals surface area contributed by atoms with Crippen molar-refractivity contribution in [1.82, 2.24) is 10.3 Å². The summed E-state index contributed by atoms with van der Waals surface area (Å²) in [6.07, 6.45) is 1.90. The molecule has 1 aromatic rings. The van der Waals surface area contributed by atoms with Gasteiger partial charge in [0.15, 0.2) is 5.67 Å². The van der Waals surface area contributed by atoms with Crippen LogP contribution in [0.15, 0.2) is 18.3 Å².